The van der Waals surface area contributed by atoms with Crippen LogP contribution in [-0.4, -0.2) is 76.2 Å². The van der Waals surface area contributed by atoms with Gasteiger partial charge >= 0.3 is 5.97 Å². The number of halogens is 2. The molecular formula is C34H38BrClN2O6. The Morgan fingerprint density at radius 3 is 2.57 bits per heavy atom. The van der Waals surface area contributed by atoms with Gasteiger partial charge in [-0.15, -0.1) is 13.2 Å². The minimum Gasteiger partial charge on any atom is -0.465 e. The molecule has 0 radical (unpaired) electrons. The number of unbranched alkanes of at least 4 members (excludes halogenated alkanes) is 2. The van der Waals surface area contributed by atoms with E-state index >= 15 is 0 Å². The van der Waals surface area contributed by atoms with E-state index in [1.54, 1.807) is 30.3 Å². The third kappa shape index (κ3) is 5.87. The van der Waals surface area contributed by atoms with Crippen molar-refractivity contribution in [1.82, 2.24) is 4.90 Å². The average molecular weight is 686 g/mol. The third-order valence-corrected chi connectivity index (χ3v) is 10.1. The van der Waals surface area contributed by atoms with Gasteiger partial charge in [-0.3, -0.25) is 14.4 Å². The van der Waals surface area contributed by atoms with Gasteiger partial charge in [0.15, 0.2) is 0 Å². The number of carbonyl (C=O) groups excluding carboxylic acids is 3. The normalized spacial score (nSPS) is 27.6. The first kappa shape index (κ1) is 32.4. The molecule has 3 saturated heterocycles. The summed E-state index contributed by atoms with van der Waals surface area (Å²) < 4.78 is 12.3. The number of alkyl halides is 1. The quantitative estimate of drug-likeness (QED) is 0.129. The van der Waals surface area contributed by atoms with Crippen molar-refractivity contribution in [3.8, 4) is 0 Å². The van der Waals surface area contributed by atoms with Gasteiger partial charge in [-0.25, -0.2) is 0 Å². The Hall–Kier alpha value is -2.98. The maximum atomic E-state index is 14.8. The Balaban J connectivity index is 1.56. The smallest absolute Gasteiger partial charge is 0.312 e. The Kier molecular flexibility index (Phi) is 10.3. The Bertz CT molecular complexity index is 1390. The molecule has 5 rings (SSSR count). The number of aliphatic hydroxyl groups is 1. The number of amides is 2. The molecule has 0 aromatic heterocycles. The number of hydrogen-bond donors (Lipinski definition) is 1. The summed E-state index contributed by atoms with van der Waals surface area (Å²) in [5.74, 6) is -3.17. The molecule has 0 aliphatic carbocycles. The number of fused-ring (bicyclic) bond motifs is 1. The Morgan fingerprint density at radius 1 is 1.16 bits per heavy atom. The van der Waals surface area contributed by atoms with E-state index in [1.807, 2.05) is 36.4 Å². The van der Waals surface area contributed by atoms with Crippen molar-refractivity contribution in [2.45, 2.75) is 60.7 Å². The number of aliphatic hydroxyl groups excluding tert-OH is 1. The molecule has 1 N–H and O–H groups in total. The number of allylic oxidation sites excluding steroid dienone is 1. The number of hydrogen-bond acceptors (Lipinski definition) is 6. The van der Waals surface area contributed by atoms with Crippen LogP contribution in [0.5, 0.6) is 0 Å². The number of benzene rings is 2. The number of carbonyl (C=O) groups is 3. The van der Waals surface area contributed by atoms with Crippen LogP contribution in [-0.2, 0) is 30.3 Å². The van der Waals surface area contributed by atoms with Crippen LogP contribution in [0.4, 0.5) is 5.69 Å². The van der Waals surface area contributed by atoms with Crippen LogP contribution in [0.15, 0.2) is 79.9 Å². The molecule has 7 atom stereocenters. The van der Waals surface area contributed by atoms with Gasteiger partial charge in [0.2, 0.25) is 5.91 Å². The van der Waals surface area contributed by atoms with Gasteiger partial charge in [-0.2, -0.15) is 0 Å². The predicted molar refractivity (Wildman–Crippen MR) is 173 cm³/mol. The largest absolute Gasteiger partial charge is 0.465 e. The Morgan fingerprint density at radius 2 is 1.89 bits per heavy atom. The maximum Gasteiger partial charge on any atom is 0.312 e. The highest BCUT2D eigenvalue weighted by Crippen LogP contribution is 2.61. The fourth-order valence-electron chi connectivity index (χ4n) is 7.06. The minimum atomic E-state index is -1.32. The summed E-state index contributed by atoms with van der Waals surface area (Å²) in [6, 6.07) is 14.6. The molecule has 10 heteroatoms. The van der Waals surface area contributed by atoms with Gasteiger partial charge in [0.25, 0.3) is 5.91 Å². The van der Waals surface area contributed by atoms with Crippen molar-refractivity contribution in [2.24, 2.45) is 11.8 Å². The van der Waals surface area contributed by atoms with Crippen LogP contribution in [0.2, 0.25) is 5.02 Å². The van der Waals surface area contributed by atoms with Gasteiger partial charge < -0.3 is 24.4 Å². The number of ether oxygens (including phenoxy) is 2. The van der Waals surface area contributed by atoms with E-state index in [0.29, 0.717) is 30.0 Å². The highest BCUT2D eigenvalue weighted by Gasteiger charge is 2.77. The summed E-state index contributed by atoms with van der Waals surface area (Å²) in [4.78, 5) is 45.7. The molecule has 3 aliphatic rings. The van der Waals surface area contributed by atoms with Crippen molar-refractivity contribution in [2.75, 3.05) is 24.7 Å². The molecule has 1 spiro atoms. The summed E-state index contributed by atoms with van der Waals surface area (Å²) in [5, 5.41) is 11.1. The van der Waals surface area contributed by atoms with Gasteiger partial charge in [0, 0.05) is 11.4 Å². The lowest BCUT2D eigenvalue weighted by Crippen LogP contribution is -2.59. The molecular weight excluding hydrogens is 648 g/mol. The summed E-state index contributed by atoms with van der Waals surface area (Å²) in [6.07, 6.45) is 5.73. The molecule has 3 unspecified atom stereocenters. The lowest BCUT2D eigenvalue weighted by Gasteiger charge is -2.39. The second kappa shape index (κ2) is 14.0. The fourth-order valence-corrected chi connectivity index (χ4v) is 8.24. The zero-order chi connectivity index (χ0) is 31.4. The number of rotatable bonds is 14. The number of anilines is 1. The van der Waals surface area contributed by atoms with Crippen LogP contribution >= 0.6 is 27.5 Å². The standard InChI is InChI=1S/C34H38BrClN2O6/c1-3-5-6-12-18-43-33(42)27-28-31(40)38(23(21-39)19-22-13-8-7-9-14-22)30(34(28)20-24(35)29(27)44-34)32(41)37(17-4-2)26-16-11-10-15-25(26)36/h3-4,7-11,13-16,23-24,27-30,39H,1-2,5-6,12,17-21H2/t23-,24?,27-,28+,29-,30?,34?/m1/s1. The van der Waals surface area contributed by atoms with Crippen LogP contribution in [0, 0.1) is 11.8 Å². The molecule has 3 fully saturated rings. The van der Waals surface area contributed by atoms with E-state index in [0.717, 1.165) is 18.4 Å². The minimum absolute atomic E-state index is 0.127. The first-order chi connectivity index (χ1) is 21.3. The molecule has 234 valence electrons. The van der Waals surface area contributed by atoms with Gasteiger partial charge in [-0.05, 0) is 49.8 Å². The summed E-state index contributed by atoms with van der Waals surface area (Å²) >= 11 is 10.3. The second-order valence-corrected chi connectivity index (χ2v) is 13.2. The van der Waals surface area contributed by atoms with E-state index in [2.05, 4.69) is 29.1 Å². The molecule has 2 aromatic rings. The van der Waals surface area contributed by atoms with Crippen molar-refractivity contribution in [1.29, 1.82) is 0 Å². The zero-order valence-electron chi connectivity index (χ0n) is 24.5. The second-order valence-electron chi connectivity index (χ2n) is 11.6. The van der Waals surface area contributed by atoms with Crippen LogP contribution in [0.3, 0.4) is 0 Å². The maximum absolute atomic E-state index is 14.8. The first-order valence-corrected chi connectivity index (χ1v) is 16.3. The highest BCUT2D eigenvalue weighted by molar-refractivity contribution is 9.09. The van der Waals surface area contributed by atoms with Crippen molar-refractivity contribution in [3.63, 3.8) is 0 Å². The predicted octanol–water partition coefficient (Wildman–Crippen LogP) is 5.11. The molecule has 3 heterocycles. The monoisotopic (exact) mass is 684 g/mol. The number of para-hydroxylation sites is 1. The molecule has 3 aliphatic heterocycles. The first-order valence-electron chi connectivity index (χ1n) is 15.0. The number of nitrogens with zero attached hydrogens (tertiary/aromatic N) is 2. The van der Waals surface area contributed by atoms with Crippen molar-refractivity contribution < 1.29 is 29.0 Å². The van der Waals surface area contributed by atoms with E-state index in [4.69, 9.17) is 21.1 Å². The average Bonchev–Trinajstić information content (AvgIpc) is 3.62. The summed E-state index contributed by atoms with van der Waals surface area (Å²) in [6.45, 7) is 7.53. The third-order valence-electron chi connectivity index (χ3n) is 8.92. The molecule has 44 heavy (non-hydrogen) atoms. The van der Waals surface area contributed by atoms with Crippen molar-refractivity contribution in [3.05, 3.63) is 90.5 Å². The number of esters is 1. The fraction of sp³-hybridized carbons (Fsp3) is 0.441. The summed E-state index contributed by atoms with van der Waals surface area (Å²) in [7, 11) is 0. The van der Waals surface area contributed by atoms with E-state index in [9.17, 15) is 19.5 Å². The molecule has 0 saturated carbocycles. The van der Waals surface area contributed by atoms with Crippen molar-refractivity contribution >= 4 is 51.0 Å². The lowest BCUT2D eigenvalue weighted by atomic mass is 9.70. The molecule has 2 bridgehead atoms. The number of likely N-dealkylation sites (tertiary alicyclic amines) is 1. The molecule has 2 aromatic carbocycles. The highest BCUT2D eigenvalue weighted by atomic mass is 79.9. The lowest BCUT2D eigenvalue weighted by molar-refractivity contribution is -0.155. The van der Waals surface area contributed by atoms with Crippen LogP contribution < -0.4 is 4.90 Å². The van der Waals surface area contributed by atoms with Crippen LogP contribution in [0.1, 0.15) is 31.2 Å². The van der Waals surface area contributed by atoms with Gasteiger partial charge in [-0.1, -0.05) is 82.1 Å². The van der Waals surface area contributed by atoms with E-state index < -0.39 is 53.4 Å². The summed E-state index contributed by atoms with van der Waals surface area (Å²) in [5.41, 5.74) is 0.0474. The van der Waals surface area contributed by atoms with Gasteiger partial charge in [0.1, 0.15) is 11.6 Å². The molecule has 8 nitrogen and oxygen atoms in total. The van der Waals surface area contributed by atoms with E-state index in [1.165, 1.54) is 9.80 Å². The zero-order valence-corrected chi connectivity index (χ0v) is 26.9. The SMILES string of the molecule is C=CCCCCOC(=O)[C@H]1[C@@H]2OC3(CC2Br)C(C(=O)N(CC=C)c2ccccc2Cl)N([C@@H](CO)Cc2ccccc2)C(=O)[C@H]13. The van der Waals surface area contributed by atoms with Gasteiger partial charge in [0.05, 0.1) is 47.9 Å². The van der Waals surface area contributed by atoms with E-state index in [-0.39, 0.29) is 24.6 Å². The molecule has 2 amide bonds. The topological polar surface area (TPSA) is 96.4 Å². The van der Waals surface area contributed by atoms with Crippen LogP contribution in [0.25, 0.3) is 0 Å². The Labute approximate surface area is 271 Å².